The number of hydrogen-bond acceptors (Lipinski definition) is 6. The Bertz CT molecular complexity index is 905. The first kappa shape index (κ1) is 17.7. The van der Waals surface area contributed by atoms with E-state index in [4.69, 9.17) is 9.15 Å². The number of likely N-dealkylation sites (tertiary alicyclic amines) is 1. The Morgan fingerprint density at radius 3 is 2.81 bits per heavy atom. The highest BCUT2D eigenvalue weighted by Crippen LogP contribution is 2.30. The second kappa shape index (κ2) is 7.52. The van der Waals surface area contributed by atoms with E-state index >= 15 is 0 Å². The molecule has 3 aromatic rings. The highest BCUT2D eigenvalue weighted by molar-refractivity contribution is 5.90. The minimum Gasteiger partial charge on any atom is -0.462 e. The van der Waals surface area contributed by atoms with Crippen LogP contribution >= 0.6 is 0 Å². The maximum atomic E-state index is 11.9. The summed E-state index contributed by atoms with van der Waals surface area (Å²) in [6.07, 6.45) is 3.77. The molecule has 0 N–H and O–H groups in total. The summed E-state index contributed by atoms with van der Waals surface area (Å²) >= 11 is 0. The highest BCUT2D eigenvalue weighted by atomic mass is 16.5. The smallest absolute Gasteiger partial charge is 0.341 e. The van der Waals surface area contributed by atoms with Gasteiger partial charge in [-0.25, -0.2) is 9.78 Å². The molecule has 7 nitrogen and oxygen atoms in total. The largest absolute Gasteiger partial charge is 0.462 e. The van der Waals surface area contributed by atoms with Crippen molar-refractivity contribution in [3.63, 3.8) is 0 Å². The lowest BCUT2D eigenvalue weighted by molar-refractivity contribution is 0.0525. The molecule has 0 aliphatic carbocycles. The number of nitrogens with zero attached hydrogens (tertiary/aromatic N) is 4. The van der Waals surface area contributed by atoms with Crippen LogP contribution in [0.1, 0.15) is 47.6 Å². The zero-order valence-corrected chi connectivity index (χ0v) is 15.7. The molecule has 142 valence electrons. The quantitative estimate of drug-likeness (QED) is 0.643. The van der Waals surface area contributed by atoms with E-state index in [1.807, 2.05) is 35.9 Å². The zero-order chi connectivity index (χ0) is 18.8. The van der Waals surface area contributed by atoms with Gasteiger partial charge in [0, 0.05) is 25.2 Å². The van der Waals surface area contributed by atoms with Crippen LogP contribution in [0.15, 0.2) is 34.9 Å². The van der Waals surface area contributed by atoms with Crippen molar-refractivity contribution in [3.05, 3.63) is 47.6 Å². The van der Waals surface area contributed by atoms with Gasteiger partial charge in [0.25, 0.3) is 0 Å². The summed E-state index contributed by atoms with van der Waals surface area (Å²) in [4.78, 5) is 18.9. The number of fused-ring (bicyclic) bond motifs is 1. The molecule has 0 bridgehead atoms. The fourth-order valence-electron chi connectivity index (χ4n) is 3.59. The Kier molecular flexibility index (Phi) is 4.94. The molecule has 1 aromatic carbocycles. The summed E-state index contributed by atoms with van der Waals surface area (Å²) in [5, 5.41) is 4.46. The molecule has 0 spiro atoms. The van der Waals surface area contributed by atoms with Gasteiger partial charge >= 0.3 is 5.97 Å². The van der Waals surface area contributed by atoms with E-state index in [0.717, 1.165) is 42.9 Å². The first-order valence-corrected chi connectivity index (χ1v) is 9.43. The summed E-state index contributed by atoms with van der Waals surface area (Å²) in [7, 11) is 0. The molecule has 1 saturated heterocycles. The number of aryl methyl sites for hydroxylation is 1. The summed E-state index contributed by atoms with van der Waals surface area (Å²) in [6, 6.07) is 7.89. The number of rotatable bonds is 5. The van der Waals surface area contributed by atoms with Crippen molar-refractivity contribution in [3.8, 4) is 0 Å². The number of carbonyl (C=O) groups excluding carboxylic acids is 1. The van der Waals surface area contributed by atoms with E-state index in [9.17, 15) is 4.79 Å². The SMILES string of the molecule is CCOC(=O)c1cn(CN2CCC(c3nc4ccccc4o3)CC2)nc1C. The van der Waals surface area contributed by atoms with Crippen LogP contribution < -0.4 is 0 Å². The third-order valence-corrected chi connectivity index (χ3v) is 5.03. The summed E-state index contributed by atoms with van der Waals surface area (Å²) in [5.74, 6) is 0.884. The number of esters is 1. The van der Waals surface area contributed by atoms with E-state index in [0.29, 0.717) is 30.5 Å². The van der Waals surface area contributed by atoms with Gasteiger partial charge in [-0.2, -0.15) is 5.10 Å². The van der Waals surface area contributed by atoms with E-state index in [1.54, 1.807) is 13.1 Å². The number of carbonyl (C=O) groups is 1. The normalized spacial score (nSPS) is 16.1. The average molecular weight is 368 g/mol. The van der Waals surface area contributed by atoms with Crippen molar-refractivity contribution in [2.75, 3.05) is 19.7 Å². The summed E-state index contributed by atoms with van der Waals surface area (Å²) < 4.78 is 12.8. The van der Waals surface area contributed by atoms with Crippen LogP contribution in [0.3, 0.4) is 0 Å². The predicted molar refractivity (Wildman–Crippen MR) is 100 cm³/mol. The van der Waals surface area contributed by atoms with Gasteiger partial charge in [-0.1, -0.05) is 12.1 Å². The van der Waals surface area contributed by atoms with Gasteiger partial charge in [-0.15, -0.1) is 0 Å². The molecule has 1 fully saturated rings. The Morgan fingerprint density at radius 2 is 2.07 bits per heavy atom. The van der Waals surface area contributed by atoms with Gasteiger partial charge < -0.3 is 9.15 Å². The molecule has 0 saturated carbocycles. The Balaban J connectivity index is 1.37. The van der Waals surface area contributed by atoms with Gasteiger partial charge in [-0.05, 0) is 38.8 Å². The number of ether oxygens (including phenoxy) is 1. The number of hydrogen-bond donors (Lipinski definition) is 0. The Morgan fingerprint density at radius 1 is 1.30 bits per heavy atom. The lowest BCUT2D eigenvalue weighted by atomic mass is 9.97. The van der Waals surface area contributed by atoms with E-state index in [1.165, 1.54) is 0 Å². The highest BCUT2D eigenvalue weighted by Gasteiger charge is 2.25. The molecule has 0 unspecified atom stereocenters. The van der Waals surface area contributed by atoms with Gasteiger partial charge in [-0.3, -0.25) is 9.58 Å². The molecule has 0 amide bonds. The number of oxazole rings is 1. The van der Waals surface area contributed by atoms with Crippen molar-refractivity contribution in [2.24, 2.45) is 0 Å². The Hall–Kier alpha value is -2.67. The monoisotopic (exact) mass is 368 g/mol. The van der Waals surface area contributed by atoms with Crippen molar-refractivity contribution in [1.29, 1.82) is 0 Å². The van der Waals surface area contributed by atoms with E-state index < -0.39 is 0 Å². The molecule has 4 rings (SSSR count). The minimum atomic E-state index is -0.309. The molecule has 1 aliphatic heterocycles. The summed E-state index contributed by atoms with van der Waals surface area (Å²) in [5.41, 5.74) is 3.02. The fraction of sp³-hybridized carbons (Fsp3) is 0.450. The molecule has 27 heavy (non-hydrogen) atoms. The molecule has 2 aromatic heterocycles. The third kappa shape index (κ3) is 3.73. The topological polar surface area (TPSA) is 73.4 Å². The zero-order valence-electron chi connectivity index (χ0n) is 15.7. The molecule has 1 aliphatic rings. The maximum absolute atomic E-state index is 11.9. The molecular weight excluding hydrogens is 344 g/mol. The third-order valence-electron chi connectivity index (χ3n) is 5.03. The fourth-order valence-corrected chi connectivity index (χ4v) is 3.59. The second-order valence-corrected chi connectivity index (χ2v) is 6.94. The lowest BCUT2D eigenvalue weighted by Crippen LogP contribution is -2.34. The van der Waals surface area contributed by atoms with Crippen LogP contribution in [0.2, 0.25) is 0 Å². The number of para-hydroxylation sites is 2. The van der Waals surface area contributed by atoms with Gasteiger partial charge in [0.2, 0.25) is 0 Å². The van der Waals surface area contributed by atoms with Crippen LogP contribution in [-0.2, 0) is 11.4 Å². The van der Waals surface area contributed by atoms with Crippen molar-refractivity contribution >= 4 is 17.1 Å². The van der Waals surface area contributed by atoms with Crippen molar-refractivity contribution < 1.29 is 13.9 Å². The van der Waals surface area contributed by atoms with Crippen LogP contribution in [0.5, 0.6) is 0 Å². The molecular formula is C20H24N4O3. The van der Waals surface area contributed by atoms with Crippen LogP contribution in [-0.4, -0.2) is 45.3 Å². The lowest BCUT2D eigenvalue weighted by Gasteiger charge is -2.30. The van der Waals surface area contributed by atoms with E-state index in [-0.39, 0.29) is 5.97 Å². The van der Waals surface area contributed by atoms with Crippen molar-refractivity contribution in [1.82, 2.24) is 19.7 Å². The number of benzene rings is 1. The minimum absolute atomic E-state index is 0.309. The van der Waals surface area contributed by atoms with Gasteiger partial charge in [0.05, 0.1) is 19.0 Å². The Labute approximate surface area is 157 Å². The predicted octanol–water partition coefficient (Wildman–Crippen LogP) is 3.35. The first-order chi connectivity index (χ1) is 13.1. The molecule has 0 radical (unpaired) electrons. The van der Waals surface area contributed by atoms with Crippen molar-refractivity contribution in [2.45, 2.75) is 39.3 Å². The van der Waals surface area contributed by atoms with Gasteiger partial charge in [0.1, 0.15) is 11.1 Å². The molecule has 0 atom stereocenters. The maximum Gasteiger partial charge on any atom is 0.341 e. The number of aromatic nitrogens is 3. The van der Waals surface area contributed by atoms with Crippen LogP contribution in [0.4, 0.5) is 0 Å². The standard InChI is InChI=1S/C20H24N4O3/c1-3-26-20(25)16-12-24(22-14(16)2)13-23-10-8-15(9-11-23)19-21-17-6-4-5-7-18(17)27-19/h4-7,12,15H,3,8-11,13H2,1-2H3. The van der Waals surface area contributed by atoms with Crippen LogP contribution in [0.25, 0.3) is 11.1 Å². The number of piperidine rings is 1. The average Bonchev–Trinajstić information content (AvgIpc) is 3.26. The van der Waals surface area contributed by atoms with Crippen LogP contribution in [0, 0.1) is 6.92 Å². The first-order valence-electron chi connectivity index (χ1n) is 9.43. The molecule has 3 heterocycles. The second-order valence-electron chi connectivity index (χ2n) is 6.94. The molecule has 7 heteroatoms. The van der Waals surface area contributed by atoms with Gasteiger partial charge in [0.15, 0.2) is 11.5 Å². The summed E-state index contributed by atoms with van der Waals surface area (Å²) in [6.45, 7) is 6.56. The van der Waals surface area contributed by atoms with E-state index in [2.05, 4.69) is 15.0 Å².